The third-order valence-corrected chi connectivity index (χ3v) is 17.1. The molecule has 62 heavy (non-hydrogen) atoms. The third-order valence-electron chi connectivity index (χ3n) is 9.72. The van der Waals surface area contributed by atoms with Crippen molar-refractivity contribution in [1.82, 2.24) is 4.90 Å². The summed E-state index contributed by atoms with van der Waals surface area (Å²) >= 11 is 2.76. The molecule has 6 aromatic rings. The van der Waals surface area contributed by atoms with Gasteiger partial charge in [0.1, 0.15) is 9.75 Å². The first-order valence-corrected chi connectivity index (χ1v) is 25.3. The summed E-state index contributed by atoms with van der Waals surface area (Å²) in [7, 11) is 2.58. The van der Waals surface area contributed by atoms with E-state index in [4.69, 9.17) is 24.1 Å². The quantitative estimate of drug-likeness (QED) is 0.0505. The monoisotopic (exact) mass is 905 g/mol. The smallest absolute Gasteiger partial charge is 0.350 e. The van der Waals surface area contributed by atoms with Gasteiger partial charge in [0, 0.05) is 23.8 Å². The van der Waals surface area contributed by atoms with Crippen LogP contribution >= 0.6 is 22.7 Å². The molecule has 2 aromatic heterocycles. The molecule has 4 aromatic carbocycles. The first-order chi connectivity index (χ1) is 29.5. The Bertz CT molecular complexity index is 2280. The second-order valence-electron chi connectivity index (χ2n) is 17.2. The zero-order valence-corrected chi connectivity index (χ0v) is 41.3. The van der Waals surface area contributed by atoms with Gasteiger partial charge >= 0.3 is 11.9 Å². The number of hydrogen-bond acceptors (Lipinski definition) is 10. The number of thiophene rings is 2. The van der Waals surface area contributed by atoms with Gasteiger partial charge in [0.15, 0.2) is 0 Å². The van der Waals surface area contributed by atoms with E-state index in [1.165, 1.54) is 57.6 Å². The molecule has 0 saturated carbocycles. The van der Waals surface area contributed by atoms with Crippen LogP contribution in [0.15, 0.2) is 138 Å². The Kier molecular flexibility index (Phi) is 16.8. The fourth-order valence-electron chi connectivity index (χ4n) is 6.73. The van der Waals surface area contributed by atoms with Crippen molar-refractivity contribution in [2.75, 3.05) is 34.0 Å². The Morgan fingerprint density at radius 1 is 0.597 bits per heavy atom. The lowest BCUT2D eigenvalue weighted by atomic mass is 9.88. The average Bonchev–Trinajstić information content (AvgIpc) is 3.86. The zero-order chi connectivity index (χ0) is 45.0. The molecule has 2 N–H and O–H groups in total. The molecule has 0 saturated heterocycles. The lowest BCUT2D eigenvalue weighted by molar-refractivity contribution is 0.0598. The number of hydrogen-bond donors (Lipinski definition) is 1. The summed E-state index contributed by atoms with van der Waals surface area (Å²) in [6, 6.07) is 45.4. The van der Waals surface area contributed by atoms with Gasteiger partial charge in [-0.05, 0) is 43.7 Å². The van der Waals surface area contributed by atoms with Gasteiger partial charge in [-0.15, -0.1) is 22.7 Å². The lowest BCUT2D eigenvalue weighted by Gasteiger charge is -2.34. The molecule has 0 aliphatic carbocycles. The molecule has 0 amide bonds. The Balaban J connectivity index is 0.000000236. The number of nitrogen functional groups attached to an aromatic ring is 1. The second kappa shape index (κ2) is 21.8. The first-order valence-electron chi connectivity index (χ1n) is 20.4. The lowest BCUT2D eigenvalue weighted by Crippen LogP contribution is -2.47. The Labute approximate surface area is 378 Å². The highest BCUT2D eigenvalue weighted by Gasteiger charge is 2.36. The van der Waals surface area contributed by atoms with Crippen molar-refractivity contribution in [2.24, 2.45) is 15.8 Å². The van der Waals surface area contributed by atoms with E-state index < -0.39 is 24.0 Å². The number of methoxy groups -OCH3 is 2. The summed E-state index contributed by atoms with van der Waals surface area (Å²) < 4.78 is 23.8. The van der Waals surface area contributed by atoms with E-state index in [0.29, 0.717) is 21.1 Å². The molecule has 2 heterocycles. The predicted octanol–water partition coefficient (Wildman–Crippen LogP) is 8.16. The van der Waals surface area contributed by atoms with Crippen molar-refractivity contribution in [3.8, 4) is 0 Å². The summed E-state index contributed by atoms with van der Waals surface area (Å²) in [5.41, 5.74) is 6.78. The molecule has 0 aliphatic heterocycles. The second-order valence-corrected chi connectivity index (χ2v) is 24.1. The molecule has 0 spiro atoms. The van der Waals surface area contributed by atoms with E-state index in [-0.39, 0.29) is 29.0 Å². The van der Waals surface area contributed by atoms with Crippen molar-refractivity contribution in [3.05, 3.63) is 153 Å². The zero-order valence-electron chi connectivity index (χ0n) is 37.3. The predicted molar refractivity (Wildman–Crippen MR) is 263 cm³/mol. The van der Waals surface area contributed by atoms with Crippen LogP contribution < -0.4 is 26.5 Å². The van der Waals surface area contributed by atoms with Crippen molar-refractivity contribution in [2.45, 2.75) is 53.8 Å². The summed E-state index contributed by atoms with van der Waals surface area (Å²) in [5, 5.41) is 4.86. The van der Waals surface area contributed by atoms with E-state index in [1.54, 1.807) is 6.34 Å². The number of esters is 2. The first kappa shape index (κ1) is 47.9. The van der Waals surface area contributed by atoms with Gasteiger partial charge in [-0.1, -0.05) is 163 Å². The van der Waals surface area contributed by atoms with Gasteiger partial charge in [-0.25, -0.2) is 14.6 Å². The maximum atomic E-state index is 12.5. The van der Waals surface area contributed by atoms with Crippen LogP contribution in [0.25, 0.3) is 0 Å². The Morgan fingerprint density at radius 3 is 1.27 bits per heavy atom. The van der Waals surface area contributed by atoms with Gasteiger partial charge in [0.2, 0.25) is 18.1 Å². The van der Waals surface area contributed by atoms with Crippen molar-refractivity contribution >= 4 is 91.2 Å². The average molecular weight is 906 g/mol. The summed E-state index contributed by atoms with van der Waals surface area (Å²) in [6.07, 6.45) is 1.27. The topological polar surface area (TPSA) is 113 Å². The number of carbonyl (C=O) groups excluding carboxylic acids is 2. The maximum absolute atomic E-state index is 12.5. The number of anilines is 1. The van der Waals surface area contributed by atoms with E-state index in [2.05, 4.69) is 119 Å². The van der Waals surface area contributed by atoms with Crippen LogP contribution in [0.2, 0.25) is 0 Å². The van der Waals surface area contributed by atoms with Gasteiger partial charge in [-0.3, -0.25) is 0 Å². The van der Waals surface area contributed by atoms with Gasteiger partial charge in [-0.2, -0.15) is 0 Å². The third kappa shape index (κ3) is 12.7. The number of rotatable bonds is 14. The van der Waals surface area contributed by atoms with Crippen LogP contribution in [0.5, 0.6) is 0 Å². The van der Waals surface area contributed by atoms with Crippen molar-refractivity contribution in [3.63, 3.8) is 0 Å². The highest BCUT2D eigenvalue weighted by molar-refractivity contribution is 7.15. The van der Waals surface area contributed by atoms with E-state index in [1.807, 2.05) is 79.7 Å². The molecular weight excluding hydrogens is 847 g/mol. The summed E-state index contributed by atoms with van der Waals surface area (Å²) in [4.78, 5) is 33.7. The number of benzene rings is 4. The molecular formula is C49H59N3O6S2Si2. The minimum absolute atomic E-state index is 0.181. The largest absolute Gasteiger partial charge is 0.465 e. The molecule has 326 valence electrons. The molecule has 6 rings (SSSR count). The Hall–Kier alpha value is -5.16. The summed E-state index contributed by atoms with van der Waals surface area (Å²) in [5.74, 6) is -0.795. The van der Waals surface area contributed by atoms with Crippen LogP contribution in [0, 0.1) is 10.8 Å². The van der Waals surface area contributed by atoms with Gasteiger partial charge in [0.25, 0.3) is 0 Å². The van der Waals surface area contributed by atoms with E-state index in [0.717, 1.165) is 9.75 Å². The fourth-order valence-corrected chi connectivity index (χ4v) is 14.8. The van der Waals surface area contributed by atoms with Crippen LogP contribution in [0.3, 0.4) is 0 Å². The Morgan fingerprint density at radius 2 is 0.935 bits per heavy atom. The highest BCUT2D eigenvalue weighted by atomic mass is 32.1. The van der Waals surface area contributed by atoms with Crippen LogP contribution in [0.4, 0.5) is 11.4 Å². The normalized spacial score (nSPS) is 12.8. The molecule has 13 heteroatoms. The number of ether oxygens (including phenoxy) is 2. The maximum Gasteiger partial charge on any atom is 0.350 e. The van der Waals surface area contributed by atoms with Gasteiger partial charge < -0.3 is 29.0 Å². The molecule has 0 radical (unpaired) electrons. The number of nitrogens with zero attached hydrogens (tertiary/aromatic N) is 2. The van der Waals surface area contributed by atoms with Gasteiger partial charge in [0.05, 0.1) is 44.1 Å². The summed E-state index contributed by atoms with van der Waals surface area (Å²) in [6.45, 7) is 12.9. The highest BCUT2D eigenvalue weighted by Crippen LogP contribution is 2.44. The van der Waals surface area contributed by atoms with E-state index in [9.17, 15) is 9.59 Å². The van der Waals surface area contributed by atoms with Crippen molar-refractivity contribution in [1.29, 1.82) is 0 Å². The molecule has 9 nitrogen and oxygen atoms in total. The standard InChI is InChI=1S/C26H32N2O3SSi.C23H27NO3SSi/c1-26(2,3)24(22-17-21(27-18-28(4)5)23(32-22)25(29)30-6)31-33(19-13-9-7-10-14-19)20-15-11-8-12-16-20;1-23(2,3)21(19-15-18(24)20(28-19)22(25)26-4)27-29(16-11-7-5-8-12-16)17-13-9-6-10-14-17/h7-18,24,33H,1-6H3;5-15,21,29H,24H2,1-4H3/b27-18+;. The van der Waals surface area contributed by atoms with Crippen LogP contribution in [-0.2, 0) is 18.3 Å². The fraction of sp³-hybridized carbons (Fsp3) is 0.286. The molecule has 0 fully saturated rings. The molecule has 2 unspecified atom stereocenters. The SMILES string of the molecule is COC(=O)c1sc(C(O[SiH](c2ccccc2)c2ccccc2)C(C)(C)C)cc1/N=C/N(C)C.COC(=O)c1sc(C(O[SiH](c2ccccc2)c2ccccc2)C(C)(C)C)cc1N. The van der Waals surface area contributed by atoms with Crippen LogP contribution in [-0.4, -0.2) is 69.6 Å². The van der Waals surface area contributed by atoms with Crippen molar-refractivity contribution < 1.29 is 27.9 Å². The molecule has 0 bridgehead atoms. The number of nitrogens with two attached hydrogens (primary N) is 1. The van der Waals surface area contributed by atoms with Crippen LogP contribution in [0.1, 0.15) is 82.8 Å². The number of aliphatic imine (C=N–C) groups is 1. The molecule has 0 aliphatic rings. The molecule has 2 atom stereocenters. The number of carbonyl (C=O) groups is 2. The minimum atomic E-state index is -2.00. The van der Waals surface area contributed by atoms with E-state index >= 15 is 0 Å². The minimum Gasteiger partial charge on any atom is -0.465 e.